The molecule has 0 aromatic rings. The molecule has 3 fully saturated rings. The Labute approximate surface area is 81.6 Å². The van der Waals surface area contributed by atoms with Crippen molar-refractivity contribution in [2.75, 3.05) is 0 Å². The number of esters is 1. The van der Waals surface area contributed by atoms with Gasteiger partial charge in [0.2, 0.25) is 0 Å². The van der Waals surface area contributed by atoms with Gasteiger partial charge in [-0.3, -0.25) is 9.59 Å². The molecule has 0 aromatic heterocycles. The first-order valence-corrected chi connectivity index (χ1v) is 4.95. The van der Waals surface area contributed by atoms with Crippen molar-refractivity contribution in [2.45, 2.75) is 32.0 Å². The maximum Gasteiger partial charge on any atom is 0.309 e. The molecular formula is C10H12O4. The van der Waals surface area contributed by atoms with Crippen LogP contribution < -0.4 is 0 Å². The van der Waals surface area contributed by atoms with E-state index in [9.17, 15) is 9.59 Å². The predicted octanol–water partition coefficient (Wildman–Crippen LogP) is 0.500. The molecule has 0 amide bonds. The molecule has 1 saturated heterocycles. The molecule has 5 atom stereocenters. The highest BCUT2D eigenvalue weighted by atomic mass is 16.6. The maximum absolute atomic E-state index is 11.4. The van der Waals surface area contributed by atoms with E-state index in [1.807, 2.05) is 0 Å². The Morgan fingerprint density at radius 2 is 2.36 bits per heavy atom. The minimum atomic E-state index is -0.215. The van der Waals surface area contributed by atoms with Crippen LogP contribution in [-0.4, -0.2) is 24.6 Å². The van der Waals surface area contributed by atoms with Gasteiger partial charge in [0, 0.05) is 11.3 Å². The van der Waals surface area contributed by atoms with E-state index in [2.05, 4.69) is 6.92 Å². The molecule has 1 heterocycles. The van der Waals surface area contributed by atoms with E-state index < -0.39 is 0 Å². The fraction of sp³-hybridized carbons (Fsp3) is 0.800. The molecule has 76 valence electrons. The summed E-state index contributed by atoms with van der Waals surface area (Å²) < 4.78 is 10.3. The zero-order valence-corrected chi connectivity index (χ0v) is 7.93. The number of carbonyl (C=O) groups is 2. The van der Waals surface area contributed by atoms with Crippen LogP contribution in [0.5, 0.6) is 0 Å². The van der Waals surface area contributed by atoms with Gasteiger partial charge >= 0.3 is 5.97 Å². The molecule has 2 bridgehead atoms. The van der Waals surface area contributed by atoms with Crippen molar-refractivity contribution in [3.63, 3.8) is 0 Å². The smallest absolute Gasteiger partial charge is 0.309 e. The third kappa shape index (κ3) is 0.751. The second-order valence-electron chi connectivity index (χ2n) is 4.89. The van der Waals surface area contributed by atoms with Gasteiger partial charge in [-0.05, 0) is 12.8 Å². The van der Waals surface area contributed by atoms with Gasteiger partial charge in [-0.2, -0.15) is 0 Å². The van der Waals surface area contributed by atoms with E-state index in [4.69, 9.17) is 9.47 Å². The highest BCUT2D eigenvalue weighted by Gasteiger charge is 2.68. The molecule has 4 heteroatoms. The van der Waals surface area contributed by atoms with Crippen molar-refractivity contribution in [3.05, 3.63) is 0 Å². The predicted molar refractivity (Wildman–Crippen MR) is 45.1 cm³/mol. The van der Waals surface area contributed by atoms with Crippen LogP contribution in [0.15, 0.2) is 0 Å². The maximum atomic E-state index is 11.4. The van der Waals surface area contributed by atoms with Crippen LogP contribution in [0.1, 0.15) is 19.8 Å². The topological polar surface area (TPSA) is 52.6 Å². The average molecular weight is 196 g/mol. The quantitative estimate of drug-likeness (QED) is 0.476. The van der Waals surface area contributed by atoms with Crippen LogP contribution in [0, 0.1) is 17.3 Å². The summed E-state index contributed by atoms with van der Waals surface area (Å²) in [6, 6.07) is 0. The number of hydrogen-bond acceptors (Lipinski definition) is 4. The van der Waals surface area contributed by atoms with Crippen LogP contribution in [0.25, 0.3) is 0 Å². The molecule has 2 saturated carbocycles. The van der Waals surface area contributed by atoms with E-state index in [-0.39, 0.29) is 35.4 Å². The zero-order chi connectivity index (χ0) is 9.92. The first-order chi connectivity index (χ1) is 6.65. The Hall–Kier alpha value is -1.06. The van der Waals surface area contributed by atoms with Crippen LogP contribution in [0.2, 0.25) is 0 Å². The lowest BCUT2D eigenvalue weighted by molar-refractivity contribution is -0.154. The second-order valence-corrected chi connectivity index (χ2v) is 4.89. The van der Waals surface area contributed by atoms with Gasteiger partial charge in [0.25, 0.3) is 6.47 Å². The van der Waals surface area contributed by atoms with Crippen molar-refractivity contribution in [1.82, 2.24) is 0 Å². The van der Waals surface area contributed by atoms with Gasteiger partial charge in [-0.1, -0.05) is 6.92 Å². The first-order valence-electron chi connectivity index (χ1n) is 4.95. The molecule has 3 aliphatic rings. The minimum Gasteiger partial charge on any atom is -0.460 e. The molecule has 14 heavy (non-hydrogen) atoms. The summed E-state index contributed by atoms with van der Waals surface area (Å²) in [4.78, 5) is 21.8. The summed E-state index contributed by atoms with van der Waals surface area (Å²) in [5, 5.41) is 0. The van der Waals surface area contributed by atoms with Crippen molar-refractivity contribution in [2.24, 2.45) is 17.3 Å². The molecule has 5 unspecified atom stereocenters. The third-order valence-electron chi connectivity index (χ3n) is 4.07. The van der Waals surface area contributed by atoms with E-state index in [0.29, 0.717) is 6.47 Å². The highest BCUT2D eigenvalue weighted by molar-refractivity contribution is 5.77. The fourth-order valence-electron chi connectivity index (χ4n) is 3.55. The van der Waals surface area contributed by atoms with Crippen LogP contribution >= 0.6 is 0 Å². The lowest BCUT2D eigenvalue weighted by Gasteiger charge is -2.31. The van der Waals surface area contributed by atoms with Gasteiger partial charge in [-0.25, -0.2) is 0 Å². The zero-order valence-electron chi connectivity index (χ0n) is 7.93. The number of fused-ring (bicyclic) bond motifs is 1. The van der Waals surface area contributed by atoms with Gasteiger partial charge in [0.1, 0.15) is 12.2 Å². The Balaban J connectivity index is 1.97. The van der Waals surface area contributed by atoms with Crippen molar-refractivity contribution in [3.8, 4) is 0 Å². The number of rotatable bonds is 2. The Kier molecular flexibility index (Phi) is 1.36. The summed E-state index contributed by atoms with van der Waals surface area (Å²) >= 11 is 0. The summed E-state index contributed by atoms with van der Waals surface area (Å²) in [5.41, 5.74) is -0.0347. The minimum absolute atomic E-state index is 0.0347. The van der Waals surface area contributed by atoms with Crippen LogP contribution in [0.4, 0.5) is 0 Å². The number of carbonyl (C=O) groups excluding carboxylic acids is 2. The second kappa shape index (κ2) is 2.30. The number of hydrogen-bond donors (Lipinski definition) is 0. The summed E-state index contributed by atoms with van der Waals surface area (Å²) in [5.74, 6) is 0.259. The standard InChI is InChI=1S/C10H12O4/c1-10-2-5-6(3-10)9(12)14-7(5)8(10)13-4-11/h4-8H,2-3H2,1H3. The van der Waals surface area contributed by atoms with Gasteiger partial charge in [0.05, 0.1) is 5.92 Å². The van der Waals surface area contributed by atoms with E-state index >= 15 is 0 Å². The summed E-state index contributed by atoms with van der Waals surface area (Å²) in [7, 11) is 0. The highest BCUT2D eigenvalue weighted by Crippen LogP contribution is 2.62. The lowest BCUT2D eigenvalue weighted by atomic mass is 9.79. The molecule has 4 nitrogen and oxygen atoms in total. The van der Waals surface area contributed by atoms with Gasteiger partial charge in [-0.15, -0.1) is 0 Å². The third-order valence-corrected chi connectivity index (χ3v) is 4.07. The molecule has 1 aliphatic heterocycles. The normalized spacial score (nSPS) is 53.4. The van der Waals surface area contributed by atoms with Gasteiger partial charge < -0.3 is 9.47 Å². The fourth-order valence-corrected chi connectivity index (χ4v) is 3.55. The van der Waals surface area contributed by atoms with Crippen LogP contribution in [-0.2, 0) is 19.1 Å². The average Bonchev–Trinajstić information content (AvgIpc) is 2.66. The van der Waals surface area contributed by atoms with Crippen molar-refractivity contribution in [1.29, 1.82) is 0 Å². The van der Waals surface area contributed by atoms with Gasteiger partial charge in [0.15, 0.2) is 0 Å². The van der Waals surface area contributed by atoms with E-state index in [1.165, 1.54) is 0 Å². The molecule has 0 aromatic carbocycles. The first kappa shape index (κ1) is 8.26. The largest absolute Gasteiger partial charge is 0.460 e. The summed E-state index contributed by atoms with van der Waals surface area (Å²) in [6.07, 6.45) is 1.38. The van der Waals surface area contributed by atoms with Crippen LogP contribution in [0.3, 0.4) is 0 Å². The Morgan fingerprint density at radius 1 is 1.57 bits per heavy atom. The van der Waals surface area contributed by atoms with E-state index in [0.717, 1.165) is 12.8 Å². The monoisotopic (exact) mass is 196 g/mol. The SMILES string of the molecule is CC12CC3C(=O)OC(C3C1)C2OC=O. The Bertz CT molecular complexity index is 313. The Morgan fingerprint density at radius 3 is 3.07 bits per heavy atom. The molecule has 3 rings (SSSR count). The summed E-state index contributed by atoms with van der Waals surface area (Å²) in [6.45, 7) is 2.55. The molecule has 0 spiro atoms. The lowest BCUT2D eigenvalue weighted by Crippen LogP contribution is -2.39. The molecular weight excluding hydrogens is 184 g/mol. The molecule has 0 radical (unpaired) electrons. The molecule has 2 aliphatic carbocycles. The molecule has 0 N–H and O–H groups in total. The number of ether oxygens (including phenoxy) is 2. The van der Waals surface area contributed by atoms with Crippen molar-refractivity contribution >= 4 is 12.4 Å². The van der Waals surface area contributed by atoms with E-state index in [1.54, 1.807) is 0 Å². The van der Waals surface area contributed by atoms with Crippen molar-refractivity contribution < 1.29 is 19.1 Å².